The van der Waals surface area contributed by atoms with Gasteiger partial charge in [-0.15, -0.1) is 0 Å². The smallest absolute Gasteiger partial charge is 0.306 e. The molecule has 0 aliphatic carbocycles. The summed E-state index contributed by atoms with van der Waals surface area (Å²) in [5, 5.41) is 0. The number of carbonyl (C=O) groups excluding carboxylic acids is 3. The summed E-state index contributed by atoms with van der Waals surface area (Å²) in [6, 6.07) is 0. The Morgan fingerprint density at radius 2 is 0.512 bits per heavy atom. The van der Waals surface area contributed by atoms with Gasteiger partial charge in [0.1, 0.15) is 13.2 Å². The fourth-order valence-corrected chi connectivity index (χ4v) is 8.90. The summed E-state index contributed by atoms with van der Waals surface area (Å²) < 4.78 is 16.9. The molecule has 0 aromatic rings. The predicted molar refractivity (Wildman–Crippen MR) is 348 cm³/mol. The van der Waals surface area contributed by atoms with Crippen molar-refractivity contribution >= 4 is 17.9 Å². The van der Waals surface area contributed by atoms with Crippen molar-refractivity contribution in [3.8, 4) is 0 Å². The zero-order valence-electron chi connectivity index (χ0n) is 52.0. The standard InChI is InChI=1S/C74H122O6/c1-4-7-10-13-16-19-22-24-26-28-30-32-34-36-37-39-40-42-44-46-48-50-52-55-58-61-64-67-73(76)79-70-71(69-78-72(75)66-63-60-57-54-21-18-15-12-9-6-3)80-74(77)68-65-62-59-56-53-51-49-47-45-43-41-38-35-33-31-29-27-25-23-20-17-14-11-8-5-2/h7,10,12,15-16,19,23-26,29-32,36-37,40,42,46,48,52,55,71H,4-6,8-9,11,13-14,17-18,20-22,27-28,33-35,38-39,41,43-45,47,49-51,53-54,56-70H2,1-3H3/b10-7-,15-12-,19-16-,25-23-,26-24-,31-29-,32-30-,37-36-,42-40-,48-46-,55-52-. The van der Waals surface area contributed by atoms with E-state index in [0.717, 1.165) is 128 Å². The summed E-state index contributed by atoms with van der Waals surface area (Å²) in [5.74, 6) is -0.953. The van der Waals surface area contributed by atoms with Crippen LogP contribution in [0.5, 0.6) is 0 Å². The van der Waals surface area contributed by atoms with Crippen LogP contribution in [-0.4, -0.2) is 37.2 Å². The van der Waals surface area contributed by atoms with E-state index in [1.807, 2.05) is 0 Å². The van der Waals surface area contributed by atoms with Crippen LogP contribution in [0.25, 0.3) is 0 Å². The van der Waals surface area contributed by atoms with E-state index in [-0.39, 0.29) is 31.1 Å². The maximum Gasteiger partial charge on any atom is 0.306 e. The third-order valence-corrected chi connectivity index (χ3v) is 13.8. The van der Waals surface area contributed by atoms with Crippen LogP contribution in [0.4, 0.5) is 0 Å². The topological polar surface area (TPSA) is 78.9 Å². The first-order chi connectivity index (χ1) is 39.5. The largest absolute Gasteiger partial charge is 0.462 e. The van der Waals surface area contributed by atoms with Crippen LogP contribution in [-0.2, 0) is 28.6 Å². The highest BCUT2D eigenvalue weighted by molar-refractivity contribution is 5.71. The second-order valence-corrected chi connectivity index (χ2v) is 21.6. The molecule has 0 amide bonds. The fourth-order valence-electron chi connectivity index (χ4n) is 8.90. The van der Waals surface area contributed by atoms with E-state index in [1.54, 1.807) is 0 Å². The van der Waals surface area contributed by atoms with Gasteiger partial charge in [-0.25, -0.2) is 0 Å². The minimum atomic E-state index is -0.805. The molecule has 0 saturated heterocycles. The van der Waals surface area contributed by atoms with Crippen molar-refractivity contribution in [1.29, 1.82) is 0 Å². The van der Waals surface area contributed by atoms with Crippen molar-refractivity contribution in [3.63, 3.8) is 0 Å². The lowest BCUT2D eigenvalue weighted by molar-refractivity contribution is -0.167. The number of allylic oxidation sites excluding steroid dienone is 22. The van der Waals surface area contributed by atoms with Crippen molar-refractivity contribution in [2.75, 3.05) is 13.2 Å². The number of unbranched alkanes of at least 4 members (excludes halogenated alkanes) is 26. The highest BCUT2D eigenvalue weighted by Crippen LogP contribution is 2.16. The first-order valence-corrected chi connectivity index (χ1v) is 33.2. The number of hydrogen-bond acceptors (Lipinski definition) is 6. The van der Waals surface area contributed by atoms with Crippen molar-refractivity contribution < 1.29 is 28.6 Å². The van der Waals surface area contributed by atoms with Gasteiger partial charge in [0.2, 0.25) is 0 Å². The normalized spacial score (nSPS) is 13.0. The zero-order chi connectivity index (χ0) is 57.8. The molecule has 0 aliphatic rings. The molecular formula is C74H122O6. The predicted octanol–water partition coefficient (Wildman–Crippen LogP) is 22.9. The van der Waals surface area contributed by atoms with Crippen LogP contribution in [0.2, 0.25) is 0 Å². The van der Waals surface area contributed by atoms with E-state index >= 15 is 0 Å². The fraction of sp³-hybridized carbons (Fsp3) is 0.662. The monoisotopic (exact) mass is 1110 g/mol. The Morgan fingerprint density at radius 1 is 0.263 bits per heavy atom. The lowest BCUT2D eigenvalue weighted by atomic mass is 10.0. The van der Waals surface area contributed by atoms with Gasteiger partial charge in [-0.2, -0.15) is 0 Å². The summed E-state index contributed by atoms with van der Waals surface area (Å²) in [6.45, 7) is 6.42. The lowest BCUT2D eigenvalue weighted by Crippen LogP contribution is -2.30. The molecule has 1 atom stereocenters. The Labute approximate surface area is 494 Å². The van der Waals surface area contributed by atoms with Crippen LogP contribution in [0.15, 0.2) is 134 Å². The second-order valence-electron chi connectivity index (χ2n) is 21.6. The van der Waals surface area contributed by atoms with E-state index in [9.17, 15) is 14.4 Å². The number of hydrogen-bond donors (Lipinski definition) is 0. The number of esters is 3. The van der Waals surface area contributed by atoms with Crippen molar-refractivity contribution in [2.45, 2.75) is 303 Å². The summed E-state index contributed by atoms with van der Waals surface area (Å²) in [7, 11) is 0. The summed E-state index contributed by atoms with van der Waals surface area (Å²) in [6.07, 6.45) is 94.8. The van der Waals surface area contributed by atoms with Gasteiger partial charge >= 0.3 is 17.9 Å². The van der Waals surface area contributed by atoms with Gasteiger partial charge in [0, 0.05) is 19.3 Å². The number of rotatable bonds is 59. The molecule has 0 rings (SSSR count). The highest BCUT2D eigenvalue weighted by Gasteiger charge is 2.19. The average Bonchev–Trinajstić information content (AvgIpc) is 3.46. The average molecular weight is 1110 g/mol. The van der Waals surface area contributed by atoms with Crippen LogP contribution in [0.3, 0.4) is 0 Å². The minimum absolute atomic E-state index is 0.0994. The van der Waals surface area contributed by atoms with E-state index in [4.69, 9.17) is 14.2 Å². The summed E-state index contributed by atoms with van der Waals surface area (Å²) in [5.41, 5.74) is 0. The van der Waals surface area contributed by atoms with Crippen molar-refractivity contribution in [1.82, 2.24) is 0 Å². The molecule has 0 fully saturated rings. The van der Waals surface area contributed by atoms with Crippen molar-refractivity contribution in [2.24, 2.45) is 0 Å². The van der Waals surface area contributed by atoms with Gasteiger partial charge in [0.25, 0.3) is 0 Å². The Bertz CT molecular complexity index is 1700. The molecule has 6 nitrogen and oxygen atoms in total. The summed E-state index contributed by atoms with van der Waals surface area (Å²) in [4.78, 5) is 38.3. The van der Waals surface area contributed by atoms with Gasteiger partial charge in [0.05, 0.1) is 0 Å². The number of carbonyl (C=O) groups is 3. The van der Waals surface area contributed by atoms with Crippen LogP contribution in [0.1, 0.15) is 297 Å². The number of ether oxygens (including phenoxy) is 3. The Kier molecular flexibility index (Phi) is 63.3. The van der Waals surface area contributed by atoms with Gasteiger partial charge in [-0.05, 0) is 135 Å². The van der Waals surface area contributed by atoms with E-state index in [1.165, 1.54) is 122 Å². The van der Waals surface area contributed by atoms with Gasteiger partial charge in [0.15, 0.2) is 6.10 Å². The molecule has 6 heteroatoms. The molecule has 0 radical (unpaired) electrons. The first kappa shape index (κ1) is 75.5. The molecule has 0 aliphatic heterocycles. The third kappa shape index (κ3) is 64.4. The molecule has 0 bridgehead atoms. The van der Waals surface area contributed by atoms with E-state index in [0.29, 0.717) is 25.7 Å². The van der Waals surface area contributed by atoms with Crippen LogP contribution < -0.4 is 0 Å². The van der Waals surface area contributed by atoms with Gasteiger partial charge in [-0.1, -0.05) is 276 Å². The molecule has 0 aromatic heterocycles. The molecule has 454 valence electrons. The molecule has 0 N–H and O–H groups in total. The Balaban J connectivity index is 4.34. The lowest BCUT2D eigenvalue weighted by Gasteiger charge is -2.18. The Morgan fingerprint density at radius 3 is 0.850 bits per heavy atom. The highest BCUT2D eigenvalue weighted by atomic mass is 16.6. The van der Waals surface area contributed by atoms with E-state index < -0.39 is 6.10 Å². The van der Waals surface area contributed by atoms with Crippen LogP contribution in [0, 0.1) is 0 Å². The molecule has 0 saturated carbocycles. The van der Waals surface area contributed by atoms with E-state index in [2.05, 4.69) is 154 Å². The quantitative estimate of drug-likeness (QED) is 0.0261. The Hall–Kier alpha value is -4.45. The maximum absolute atomic E-state index is 12.9. The van der Waals surface area contributed by atoms with Crippen molar-refractivity contribution in [3.05, 3.63) is 134 Å². The SMILES string of the molecule is CC/C=C\C/C=C\C/C=C\C/C=C\C/C=C\C/C=C\C/C=C\C/C=C\CCCCC(=O)OCC(COC(=O)CCCCCCC/C=C\CCC)OC(=O)CCCCCCCCCCCCCCC/C=C\C/C=C\CCCCCCC. The molecule has 0 spiro atoms. The molecular weight excluding hydrogens is 985 g/mol. The van der Waals surface area contributed by atoms with Gasteiger partial charge in [-0.3, -0.25) is 14.4 Å². The molecule has 80 heavy (non-hydrogen) atoms. The van der Waals surface area contributed by atoms with Crippen LogP contribution >= 0.6 is 0 Å². The minimum Gasteiger partial charge on any atom is -0.462 e. The molecule has 0 aromatic carbocycles. The molecule has 0 heterocycles. The first-order valence-electron chi connectivity index (χ1n) is 33.2. The molecule has 1 unspecified atom stereocenters. The third-order valence-electron chi connectivity index (χ3n) is 13.8. The summed E-state index contributed by atoms with van der Waals surface area (Å²) >= 11 is 0. The second kappa shape index (κ2) is 67.1. The van der Waals surface area contributed by atoms with Gasteiger partial charge < -0.3 is 14.2 Å². The zero-order valence-corrected chi connectivity index (χ0v) is 52.0. The maximum atomic E-state index is 12.9.